The Labute approximate surface area is 427 Å². The zero-order chi connectivity index (χ0) is 49.3. The highest BCUT2D eigenvalue weighted by Gasteiger charge is 2.44. The fourth-order valence-electron chi connectivity index (χ4n) is 11.8. The van der Waals surface area contributed by atoms with Gasteiger partial charge in [0.25, 0.3) is 6.71 Å². The predicted octanol–water partition coefficient (Wildman–Crippen LogP) is 16.3. The quantitative estimate of drug-likeness (QED) is 0.130. The first-order chi connectivity index (χ1) is 35.4. The van der Waals surface area contributed by atoms with E-state index in [0.29, 0.717) is 0 Å². The maximum atomic E-state index is 5.72. The van der Waals surface area contributed by atoms with E-state index in [-0.39, 0.29) is 17.5 Å². The highest BCUT2D eigenvalue weighted by Crippen LogP contribution is 2.48. The van der Waals surface area contributed by atoms with E-state index in [0.717, 1.165) is 56.3 Å². The summed E-state index contributed by atoms with van der Waals surface area (Å²) < 4.78 is 0. The number of rotatable bonds is 4. The number of benzene rings is 11. The number of hydrogen-bond acceptors (Lipinski definition) is 4. The molecule has 0 atom stereocenters. The molecule has 0 radical (unpaired) electrons. The van der Waals surface area contributed by atoms with Crippen LogP contribution in [0.1, 0.15) is 52.7 Å². The van der Waals surface area contributed by atoms with Gasteiger partial charge in [-0.1, -0.05) is 163 Å². The van der Waals surface area contributed by atoms with Crippen molar-refractivity contribution < 1.29 is 0 Å². The van der Waals surface area contributed by atoms with E-state index in [1.165, 1.54) is 82.0 Å². The Bertz CT molecular complexity index is 4020. The third-order valence-electron chi connectivity index (χ3n) is 15.5. The molecule has 0 fully saturated rings. The number of anilines is 6. The summed E-state index contributed by atoms with van der Waals surface area (Å²) in [7, 11) is 0. The van der Waals surface area contributed by atoms with Crippen LogP contribution in [0.3, 0.4) is 0 Å². The summed E-state index contributed by atoms with van der Waals surface area (Å²) in [6, 6.07) is 79.2. The van der Waals surface area contributed by atoms with Gasteiger partial charge >= 0.3 is 0 Å². The van der Waals surface area contributed by atoms with Crippen LogP contribution in [-0.2, 0) is 10.8 Å². The standard InChI is InChI=1S/C68H53BN4/c1-67(2,3)52-33-51(34-53(41-52)68(4,5)6)66-70-59-28-18-17-27-56(59)65(71-66)50-39-62-64-63(40-50)73(55-25-11-8-12-26-55)61-38-49-32-45-22-16-14-20-43(45)30-47(49)36-58(61)69(64)57-35-46-29-42-19-13-15-21-44(42)31-48(46)37-60(57)72(62)54-23-9-7-10-24-54/h7-41H,1-6H3. The Morgan fingerprint density at radius 1 is 0.356 bits per heavy atom. The molecule has 0 aliphatic carbocycles. The van der Waals surface area contributed by atoms with Crippen molar-refractivity contribution in [3.05, 3.63) is 223 Å². The predicted molar refractivity (Wildman–Crippen MR) is 312 cm³/mol. The van der Waals surface area contributed by atoms with Gasteiger partial charge in [-0.25, -0.2) is 9.97 Å². The van der Waals surface area contributed by atoms with Gasteiger partial charge in [0.1, 0.15) is 0 Å². The van der Waals surface area contributed by atoms with Crippen LogP contribution in [0.5, 0.6) is 0 Å². The summed E-state index contributed by atoms with van der Waals surface area (Å²) in [4.78, 5) is 16.2. The summed E-state index contributed by atoms with van der Waals surface area (Å²) in [5, 5.41) is 10.8. The maximum absolute atomic E-state index is 5.72. The average molecular weight is 937 g/mol. The second kappa shape index (κ2) is 16.0. The molecule has 2 aliphatic rings. The number of para-hydroxylation sites is 3. The fourth-order valence-corrected chi connectivity index (χ4v) is 11.8. The third-order valence-corrected chi connectivity index (χ3v) is 15.5. The second-order valence-corrected chi connectivity index (χ2v) is 22.3. The van der Waals surface area contributed by atoms with E-state index < -0.39 is 0 Å². The molecule has 348 valence electrons. The van der Waals surface area contributed by atoms with E-state index in [2.05, 4.69) is 264 Å². The van der Waals surface area contributed by atoms with Gasteiger partial charge in [0, 0.05) is 50.6 Å². The Morgan fingerprint density at radius 2 is 0.781 bits per heavy atom. The van der Waals surface area contributed by atoms with Crippen molar-refractivity contribution in [1.29, 1.82) is 0 Å². The smallest absolute Gasteiger partial charge is 0.252 e. The molecule has 4 nitrogen and oxygen atoms in total. The van der Waals surface area contributed by atoms with Crippen LogP contribution in [0.15, 0.2) is 212 Å². The molecule has 0 saturated carbocycles. The van der Waals surface area contributed by atoms with E-state index in [9.17, 15) is 0 Å². The minimum atomic E-state index is -0.0932. The van der Waals surface area contributed by atoms with Crippen molar-refractivity contribution in [2.45, 2.75) is 52.4 Å². The highest BCUT2D eigenvalue weighted by molar-refractivity contribution is 7.00. The highest BCUT2D eigenvalue weighted by atomic mass is 15.2. The van der Waals surface area contributed by atoms with E-state index in [1.807, 2.05) is 0 Å². The van der Waals surface area contributed by atoms with Crippen molar-refractivity contribution in [3.63, 3.8) is 0 Å². The number of fused-ring (bicyclic) bond motifs is 9. The normalized spacial score (nSPS) is 13.3. The van der Waals surface area contributed by atoms with E-state index in [1.54, 1.807) is 0 Å². The Hall–Kier alpha value is -8.54. The van der Waals surface area contributed by atoms with Gasteiger partial charge in [0.15, 0.2) is 5.82 Å². The van der Waals surface area contributed by atoms with Gasteiger partial charge in [-0.15, -0.1) is 0 Å². The summed E-state index contributed by atoms with van der Waals surface area (Å²) >= 11 is 0. The molecule has 0 bridgehead atoms. The first-order valence-electron chi connectivity index (χ1n) is 25.7. The van der Waals surface area contributed by atoms with Gasteiger partial charge in [0.2, 0.25) is 0 Å². The Kier molecular flexibility index (Phi) is 9.47. The van der Waals surface area contributed by atoms with Gasteiger partial charge in [0.05, 0.1) is 11.2 Å². The van der Waals surface area contributed by atoms with Crippen LogP contribution in [0.2, 0.25) is 0 Å². The summed E-state index contributed by atoms with van der Waals surface area (Å²) in [5.41, 5.74) is 16.9. The van der Waals surface area contributed by atoms with Crippen LogP contribution < -0.4 is 26.2 Å². The molecular formula is C68H53BN4. The fraction of sp³-hybridized carbons (Fsp3) is 0.118. The molecule has 0 saturated heterocycles. The van der Waals surface area contributed by atoms with Crippen molar-refractivity contribution in [2.75, 3.05) is 9.80 Å². The lowest BCUT2D eigenvalue weighted by Gasteiger charge is -2.44. The van der Waals surface area contributed by atoms with Crippen molar-refractivity contribution >= 4 is 111 Å². The Balaban J connectivity index is 1.12. The van der Waals surface area contributed by atoms with Gasteiger partial charge < -0.3 is 9.80 Å². The van der Waals surface area contributed by atoms with Crippen molar-refractivity contribution in [1.82, 2.24) is 9.97 Å². The number of aromatic nitrogens is 2. The lowest BCUT2D eigenvalue weighted by Crippen LogP contribution is -2.61. The molecule has 0 spiro atoms. The zero-order valence-electron chi connectivity index (χ0n) is 42.1. The van der Waals surface area contributed by atoms with Crippen molar-refractivity contribution in [2.24, 2.45) is 0 Å². The van der Waals surface area contributed by atoms with E-state index in [4.69, 9.17) is 9.97 Å². The SMILES string of the molecule is CC(C)(C)c1cc(-c2nc(-c3cc4c5c(c3)N(c3ccccc3)c3cc6cc7ccccc7cc6cc3B5c3cc5cc6ccccc6cc5cc3N4c3ccccc3)c3ccccc3n2)cc(C(C)(C)C)c1. The van der Waals surface area contributed by atoms with E-state index >= 15 is 0 Å². The van der Waals surface area contributed by atoms with Crippen LogP contribution >= 0.6 is 0 Å². The molecule has 0 N–H and O–H groups in total. The lowest BCUT2D eigenvalue weighted by atomic mass is 9.33. The molecular weight excluding hydrogens is 884 g/mol. The minimum absolute atomic E-state index is 0.0708. The molecule has 5 heteroatoms. The van der Waals surface area contributed by atoms with Gasteiger partial charge in [-0.05, 0) is 172 Å². The summed E-state index contributed by atoms with van der Waals surface area (Å²) in [6.45, 7) is 13.7. The molecule has 73 heavy (non-hydrogen) atoms. The van der Waals surface area contributed by atoms with Crippen LogP contribution in [0.25, 0.3) is 76.6 Å². The number of nitrogens with zero attached hydrogens (tertiary/aromatic N) is 4. The van der Waals surface area contributed by atoms with Gasteiger partial charge in [-0.3, -0.25) is 0 Å². The molecule has 12 aromatic rings. The largest absolute Gasteiger partial charge is 0.311 e. The molecule has 0 amide bonds. The van der Waals surface area contributed by atoms with Gasteiger partial charge in [-0.2, -0.15) is 0 Å². The molecule has 14 rings (SSSR count). The molecule has 3 heterocycles. The second-order valence-electron chi connectivity index (χ2n) is 22.3. The molecule has 2 aliphatic heterocycles. The topological polar surface area (TPSA) is 32.3 Å². The zero-order valence-corrected chi connectivity index (χ0v) is 42.1. The summed E-state index contributed by atoms with van der Waals surface area (Å²) in [6.07, 6.45) is 0. The minimum Gasteiger partial charge on any atom is -0.311 e. The average Bonchev–Trinajstić information content (AvgIpc) is 3.40. The maximum Gasteiger partial charge on any atom is 0.252 e. The lowest BCUT2D eigenvalue weighted by molar-refractivity contribution is 0.569. The Morgan fingerprint density at radius 3 is 1.25 bits per heavy atom. The van der Waals surface area contributed by atoms with Crippen LogP contribution in [0.4, 0.5) is 34.1 Å². The monoisotopic (exact) mass is 936 g/mol. The third kappa shape index (κ3) is 7.05. The molecule has 1 aromatic heterocycles. The van der Waals surface area contributed by atoms with Crippen LogP contribution in [-0.4, -0.2) is 16.7 Å². The molecule has 0 unspecified atom stereocenters. The summed E-state index contributed by atoms with van der Waals surface area (Å²) in [5.74, 6) is 0.724. The van der Waals surface area contributed by atoms with Crippen molar-refractivity contribution in [3.8, 4) is 22.6 Å². The molecule has 11 aromatic carbocycles. The first kappa shape index (κ1) is 43.3. The first-order valence-corrected chi connectivity index (χ1v) is 25.7. The number of hydrogen-bond donors (Lipinski definition) is 0. The van der Waals surface area contributed by atoms with Crippen LogP contribution in [0, 0.1) is 0 Å².